The summed E-state index contributed by atoms with van der Waals surface area (Å²) < 4.78 is 5.97. The smallest absolute Gasteiger partial charge is 0.349 e. The van der Waals surface area contributed by atoms with E-state index in [9.17, 15) is 19.2 Å². The van der Waals surface area contributed by atoms with Crippen molar-refractivity contribution < 1.29 is 18.8 Å². The highest BCUT2D eigenvalue weighted by Crippen LogP contribution is 2.19. The Hall–Kier alpha value is -3.46. The van der Waals surface area contributed by atoms with E-state index in [1.54, 1.807) is 42.5 Å². The first-order chi connectivity index (χ1) is 14.3. The Bertz CT molecular complexity index is 1170. The summed E-state index contributed by atoms with van der Waals surface area (Å²) in [5.41, 5.74) is 0.548. The van der Waals surface area contributed by atoms with Crippen LogP contribution in [0, 0.1) is 0 Å². The van der Waals surface area contributed by atoms with Gasteiger partial charge in [-0.25, -0.2) is 4.79 Å². The normalized spacial score (nSPS) is 10.5. The first kappa shape index (κ1) is 21.3. The summed E-state index contributed by atoms with van der Waals surface area (Å²) >= 11 is 3.33. The van der Waals surface area contributed by atoms with Crippen molar-refractivity contribution in [2.45, 2.75) is 6.92 Å². The van der Waals surface area contributed by atoms with Crippen LogP contribution in [0.1, 0.15) is 27.6 Å². The molecule has 0 saturated carbocycles. The molecule has 3 amide bonds. The number of hydrogen-bond acceptors (Lipinski definition) is 5. The number of benzene rings is 2. The molecule has 0 radical (unpaired) electrons. The second-order valence-electron chi connectivity index (χ2n) is 6.40. The van der Waals surface area contributed by atoms with Gasteiger partial charge in [-0.1, -0.05) is 15.9 Å². The molecule has 1 heterocycles. The Kier molecular flexibility index (Phi) is 6.63. The van der Waals surface area contributed by atoms with Crippen molar-refractivity contribution in [1.29, 1.82) is 0 Å². The lowest BCUT2D eigenvalue weighted by atomic mass is 10.2. The van der Waals surface area contributed by atoms with E-state index in [0.29, 0.717) is 22.2 Å². The van der Waals surface area contributed by atoms with Gasteiger partial charge >= 0.3 is 5.63 Å². The van der Waals surface area contributed by atoms with Gasteiger partial charge < -0.3 is 20.4 Å². The van der Waals surface area contributed by atoms with Gasteiger partial charge in [-0.2, -0.15) is 0 Å². The molecule has 0 fully saturated rings. The fraction of sp³-hybridized carbons (Fsp3) is 0.143. The Morgan fingerprint density at radius 2 is 1.60 bits per heavy atom. The predicted molar refractivity (Wildman–Crippen MR) is 116 cm³/mol. The topological polar surface area (TPSA) is 118 Å². The van der Waals surface area contributed by atoms with Crippen molar-refractivity contribution in [3.05, 3.63) is 74.6 Å². The summed E-state index contributed by atoms with van der Waals surface area (Å²) in [5, 5.41) is 8.48. The molecule has 30 heavy (non-hydrogen) atoms. The lowest BCUT2D eigenvalue weighted by Crippen LogP contribution is -2.36. The highest BCUT2D eigenvalue weighted by Gasteiger charge is 2.14. The second kappa shape index (κ2) is 9.36. The minimum atomic E-state index is -0.731. The van der Waals surface area contributed by atoms with Gasteiger partial charge in [0.15, 0.2) is 0 Å². The molecule has 3 N–H and O–H groups in total. The molecular weight excluding hydrogens is 454 g/mol. The number of carbonyl (C=O) groups is 3. The van der Waals surface area contributed by atoms with Crippen LogP contribution >= 0.6 is 15.9 Å². The standard InChI is InChI=1S/C21H18BrN3O5/c1-12(26)25-16-5-2-13(3-6-16)19(27)23-8-9-24-20(28)17-11-14-10-15(22)4-7-18(14)30-21(17)29/h2-7,10-11H,8-9H2,1H3,(H,23,27)(H,24,28)(H,25,26). The summed E-state index contributed by atoms with van der Waals surface area (Å²) in [4.78, 5) is 47.5. The fourth-order valence-corrected chi connectivity index (χ4v) is 3.09. The van der Waals surface area contributed by atoms with Crippen LogP contribution in [0.25, 0.3) is 11.0 Å². The van der Waals surface area contributed by atoms with Gasteiger partial charge in [0.1, 0.15) is 11.1 Å². The SMILES string of the molecule is CC(=O)Nc1ccc(C(=O)NCCNC(=O)c2cc3cc(Br)ccc3oc2=O)cc1. The van der Waals surface area contributed by atoms with E-state index in [0.717, 1.165) is 4.47 Å². The minimum Gasteiger partial charge on any atom is -0.422 e. The summed E-state index contributed by atoms with van der Waals surface area (Å²) in [5.74, 6) is -1.11. The summed E-state index contributed by atoms with van der Waals surface area (Å²) in [6.07, 6.45) is 0. The van der Waals surface area contributed by atoms with Crippen molar-refractivity contribution in [2.75, 3.05) is 18.4 Å². The number of carbonyl (C=O) groups excluding carboxylic acids is 3. The van der Waals surface area contributed by atoms with Gasteiger partial charge in [-0.05, 0) is 48.5 Å². The second-order valence-corrected chi connectivity index (χ2v) is 7.32. The zero-order valence-electron chi connectivity index (χ0n) is 16.0. The van der Waals surface area contributed by atoms with Crippen LogP contribution in [-0.2, 0) is 4.79 Å². The number of fused-ring (bicyclic) bond motifs is 1. The van der Waals surface area contributed by atoms with Crippen LogP contribution in [-0.4, -0.2) is 30.8 Å². The highest BCUT2D eigenvalue weighted by atomic mass is 79.9. The van der Waals surface area contributed by atoms with Crippen LogP contribution in [0.3, 0.4) is 0 Å². The van der Waals surface area contributed by atoms with E-state index in [-0.39, 0.29) is 30.5 Å². The zero-order chi connectivity index (χ0) is 21.7. The quantitative estimate of drug-likeness (QED) is 0.377. The molecule has 3 aromatic rings. The van der Waals surface area contributed by atoms with Crippen molar-refractivity contribution in [3.63, 3.8) is 0 Å². The number of nitrogens with one attached hydrogen (secondary N) is 3. The van der Waals surface area contributed by atoms with E-state index in [1.165, 1.54) is 13.0 Å². The maximum absolute atomic E-state index is 12.3. The Morgan fingerprint density at radius 3 is 2.27 bits per heavy atom. The number of hydrogen-bond donors (Lipinski definition) is 3. The van der Waals surface area contributed by atoms with E-state index in [4.69, 9.17) is 4.42 Å². The molecule has 0 aliphatic carbocycles. The van der Waals surface area contributed by atoms with Gasteiger partial charge in [-0.15, -0.1) is 0 Å². The molecule has 0 unspecified atom stereocenters. The lowest BCUT2D eigenvalue weighted by molar-refractivity contribution is -0.114. The number of anilines is 1. The van der Waals surface area contributed by atoms with E-state index < -0.39 is 11.5 Å². The van der Waals surface area contributed by atoms with Gasteiger partial charge in [0.25, 0.3) is 11.8 Å². The fourth-order valence-electron chi connectivity index (χ4n) is 2.71. The zero-order valence-corrected chi connectivity index (χ0v) is 17.5. The first-order valence-electron chi connectivity index (χ1n) is 9.01. The molecule has 0 atom stereocenters. The Labute approximate surface area is 179 Å². The molecule has 8 nitrogen and oxygen atoms in total. The largest absolute Gasteiger partial charge is 0.422 e. The monoisotopic (exact) mass is 471 g/mol. The average Bonchev–Trinajstić information content (AvgIpc) is 2.70. The molecule has 0 saturated heterocycles. The van der Waals surface area contributed by atoms with Crippen LogP contribution in [0.2, 0.25) is 0 Å². The maximum Gasteiger partial charge on any atom is 0.349 e. The van der Waals surface area contributed by atoms with Crippen LogP contribution in [0.4, 0.5) is 5.69 Å². The third-order valence-corrected chi connectivity index (χ3v) is 4.60. The van der Waals surface area contributed by atoms with E-state index in [1.807, 2.05) is 0 Å². The molecule has 0 spiro atoms. The van der Waals surface area contributed by atoms with Gasteiger partial charge in [-0.3, -0.25) is 14.4 Å². The third-order valence-electron chi connectivity index (χ3n) is 4.10. The van der Waals surface area contributed by atoms with E-state index >= 15 is 0 Å². The van der Waals surface area contributed by atoms with Gasteiger partial charge in [0.05, 0.1) is 0 Å². The Balaban J connectivity index is 1.54. The maximum atomic E-state index is 12.3. The highest BCUT2D eigenvalue weighted by molar-refractivity contribution is 9.10. The van der Waals surface area contributed by atoms with Gasteiger partial charge in [0.2, 0.25) is 5.91 Å². The van der Waals surface area contributed by atoms with Gasteiger partial charge in [0, 0.05) is 41.1 Å². The lowest BCUT2D eigenvalue weighted by Gasteiger charge is -2.08. The summed E-state index contributed by atoms with van der Waals surface area (Å²) in [6, 6.07) is 13.0. The molecule has 0 aliphatic rings. The minimum absolute atomic E-state index is 0.111. The molecule has 2 aromatic carbocycles. The van der Waals surface area contributed by atoms with Crippen LogP contribution in [0.15, 0.2) is 62.2 Å². The van der Waals surface area contributed by atoms with Crippen LogP contribution < -0.4 is 21.6 Å². The molecule has 1 aromatic heterocycles. The molecule has 3 rings (SSSR count). The molecule has 154 valence electrons. The van der Waals surface area contributed by atoms with Crippen molar-refractivity contribution in [2.24, 2.45) is 0 Å². The number of rotatable bonds is 6. The number of halogens is 1. The van der Waals surface area contributed by atoms with Crippen LogP contribution in [0.5, 0.6) is 0 Å². The van der Waals surface area contributed by atoms with E-state index in [2.05, 4.69) is 31.9 Å². The van der Waals surface area contributed by atoms with Crippen molar-refractivity contribution >= 4 is 50.3 Å². The molecule has 9 heteroatoms. The molecule has 0 bridgehead atoms. The summed E-state index contributed by atoms with van der Waals surface area (Å²) in [6.45, 7) is 1.70. The predicted octanol–water partition coefficient (Wildman–Crippen LogP) is 2.67. The molecule has 0 aliphatic heterocycles. The Morgan fingerprint density at radius 1 is 0.933 bits per heavy atom. The van der Waals surface area contributed by atoms with Crippen molar-refractivity contribution in [1.82, 2.24) is 10.6 Å². The van der Waals surface area contributed by atoms with Crippen molar-refractivity contribution in [3.8, 4) is 0 Å². The molecular formula is C21H18BrN3O5. The number of amides is 3. The third kappa shape index (κ3) is 5.32. The summed E-state index contributed by atoms with van der Waals surface area (Å²) in [7, 11) is 0. The first-order valence-corrected chi connectivity index (χ1v) is 9.80. The average molecular weight is 472 g/mol.